The average molecular weight is 261 g/mol. The number of hydrogen-bond donors (Lipinski definition) is 0. The van der Waals surface area contributed by atoms with Crippen LogP contribution in [0.2, 0.25) is 0 Å². The molecule has 19 heavy (non-hydrogen) atoms. The van der Waals surface area contributed by atoms with Gasteiger partial charge in [0.1, 0.15) is 6.33 Å². The van der Waals surface area contributed by atoms with E-state index in [9.17, 15) is 4.79 Å². The van der Waals surface area contributed by atoms with Gasteiger partial charge in [0.25, 0.3) is 11.8 Å². The maximum atomic E-state index is 11.3. The minimum Gasteiger partial charge on any atom is -0.463 e. The Morgan fingerprint density at radius 1 is 1.37 bits per heavy atom. The number of nitrogens with zero attached hydrogens (tertiary/aromatic N) is 5. The molecule has 0 radical (unpaired) electrons. The minimum atomic E-state index is -0.588. The zero-order chi connectivity index (χ0) is 14.0. The Hall–Kier alpha value is -2.31. The van der Waals surface area contributed by atoms with E-state index in [4.69, 9.17) is 0 Å². The Bertz CT molecular complexity index is 606. The second kappa shape index (κ2) is 5.13. The quantitative estimate of drug-likeness (QED) is 0.774. The van der Waals surface area contributed by atoms with Crippen LogP contribution in [-0.2, 0) is 4.74 Å². The standard InChI is InChI=1S/C12H15N5O2/c1-7(2)9-5-8(3)14-12(15-9)17-6-13-10(16-17)11(18)19-4/h5-7H,1-4H3. The maximum absolute atomic E-state index is 11.3. The number of carbonyl (C=O) groups is 1. The number of esters is 1. The van der Waals surface area contributed by atoms with E-state index in [0.717, 1.165) is 11.4 Å². The lowest BCUT2D eigenvalue weighted by atomic mass is 10.1. The number of rotatable bonds is 3. The second-order valence-corrected chi connectivity index (χ2v) is 4.39. The molecule has 0 spiro atoms. The minimum absolute atomic E-state index is 0.0151. The van der Waals surface area contributed by atoms with Crippen LogP contribution in [0.15, 0.2) is 12.4 Å². The van der Waals surface area contributed by atoms with E-state index >= 15 is 0 Å². The molecule has 0 atom stereocenters. The first-order valence-electron chi connectivity index (χ1n) is 5.87. The van der Waals surface area contributed by atoms with Crippen LogP contribution in [0.3, 0.4) is 0 Å². The molecule has 7 nitrogen and oxygen atoms in total. The van der Waals surface area contributed by atoms with Gasteiger partial charge in [0.15, 0.2) is 0 Å². The molecule has 0 aromatic carbocycles. The van der Waals surface area contributed by atoms with Crippen LogP contribution in [0.25, 0.3) is 5.95 Å². The lowest BCUT2D eigenvalue weighted by Gasteiger charge is -2.07. The van der Waals surface area contributed by atoms with Crippen molar-refractivity contribution in [3.05, 3.63) is 29.6 Å². The number of carbonyl (C=O) groups excluding carboxylic acids is 1. The summed E-state index contributed by atoms with van der Waals surface area (Å²) in [5.41, 5.74) is 1.75. The molecule has 2 aromatic rings. The molecule has 0 amide bonds. The van der Waals surface area contributed by atoms with E-state index in [1.54, 1.807) is 0 Å². The van der Waals surface area contributed by atoms with Gasteiger partial charge in [-0.05, 0) is 18.9 Å². The summed E-state index contributed by atoms with van der Waals surface area (Å²) in [7, 11) is 1.28. The fourth-order valence-corrected chi connectivity index (χ4v) is 1.52. The molecule has 2 rings (SSSR count). The monoisotopic (exact) mass is 261 g/mol. The zero-order valence-electron chi connectivity index (χ0n) is 11.3. The van der Waals surface area contributed by atoms with Crippen molar-refractivity contribution in [2.75, 3.05) is 7.11 Å². The van der Waals surface area contributed by atoms with Crippen LogP contribution >= 0.6 is 0 Å². The van der Waals surface area contributed by atoms with E-state index in [-0.39, 0.29) is 11.7 Å². The van der Waals surface area contributed by atoms with Crippen molar-refractivity contribution in [1.82, 2.24) is 24.7 Å². The summed E-state index contributed by atoms with van der Waals surface area (Å²) in [5.74, 6) is 0.0737. The molecule has 2 heterocycles. The number of aryl methyl sites for hydroxylation is 1. The zero-order valence-corrected chi connectivity index (χ0v) is 11.3. The summed E-state index contributed by atoms with van der Waals surface area (Å²) in [6.45, 7) is 5.98. The number of methoxy groups -OCH3 is 1. The first kappa shape index (κ1) is 13.1. The lowest BCUT2D eigenvalue weighted by Crippen LogP contribution is -2.09. The summed E-state index contributed by atoms with van der Waals surface area (Å²) in [5, 5.41) is 4.00. The average Bonchev–Trinajstić information content (AvgIpc) is 2.86. The van der Waals surface area contributed by atoms with Gasteiger partial charge in [0, 0.05) is 11.4 Å². The molecule has 0 aliphatic heterocycles. The van der Waals surface area contributed by atoms with Crippen LogP contribution in [0, 0.1) is 6.92 Å². The van der Waals surface area contributed by atoms with Gasteiger partial charge < -0.3 is 4.74 Å². The summed E-state index contributed by atoms with van der Waals surface area (Å²) >= 11 is 0. The van der Waals surface area contributed by atoms with Crippen molar-refractivity contribution in [3.8, 4) is 5.95 Å². The van der Waals surface area contributed by atoms with Gasteiger partial charge in [-0.3, -0.25) is 0 Å². The normalized spacial score (nSPS) is 10.8. The van der Waals surface area contributed by atoms with E-state index in [1.165, 1.54) is 18.1 Å². The largest absolute Gasteiger partial charge is 0.463 e. The third-order valence-electron chi connectivity index (χ3n) is 2.52. The van der Waals surface area contributed by atoms with Gasteiger partial charge in [-0.2, -0.15) is 4.68 Å². The molecular formula is C12H15N5O2. The van der Waals surface area contributed by atoms with E-state index in [1.807, 2.05) is 26.8 Å². The number of aromatic nitrogens is 5. The van der Waals surface area contributed by atoms with Crippen molar-refractivity contribution in [2.45, 2.75) is 26.7 Å². The predicted octanol–water partition coefficient (Wildman–Crippen LogP) is 1.28. The number of hydrogen-bond acceptors (Lipinski definition) is 6. The third-order valence-corrected chi connectivity index (χ3v) is 2.52. The van der Waals surface area contributed by atoms with Gasteiger partial charge in [-0.15, -0.1) is 5.10 Å². The molecule has 2 aromatic heterocycles. The second-order valence-electron chi connectivity index (χ2n) is 4.39. The summed E-state index contributed by atoms with van der Waals surface area (Å²) in [6.07, 6.45) is 1.39. The Morgan fingerprint density at radius 3 is 2.74 bits per heavy atom. The van der Waals surface area contributed by atoms with E-state index in [2.05, 4.69) is 24.8 Å². The van der Waals surface area contributed by atoms with Gasteiger partial charge in [-0.25, -0.2) is 19.7 Å². The van der Waals surface area contributed by atoms with Crippen LogP contribution in [0.1, 0.15) is 41.8 Å². The Kier molecular flexibility index (Phi) is 3.55. The molecule has 100 valence electrons. The molecule has 0 bridgehead atoms. The van der Waals surface area contributed by atoms with Crippen molar-refractivity contribution in [3.63, 3.8) is 0 Å². The summed E-state index contributed by atoms with van der Waals surface area (Å²) < 4.78 is 5.92. The molecule has 0 aliphatic rings. The molecular weight excluding hydrogens is 246 g/mol. The summed E-state index contributed by atoms with van der Waals surface area (Å²) in [6, 6.07) is 1.92. The first-order chi connectivity index (χ1) is 9.01. The van der Waals surface area contributed by atoms with Crippen LogP contribution in [-0.4, -0.2) is 37.8 Å². The molecule has 7 heteroatoms. The Balaban J connectivity index is 2.41. The molecule has 0 fully saturated rings. The third kappa shape index (κ3) is 2.75. The predicted molar refractivity (Wildman–Crippen MR) is 67.1 cm³/mol. The highest BCUT2D eigenvalue weighted by atomic mass is 16.5. The van der Waals surface area contributed by atoms with Crippen molar-refractivity contribution in [2.24, 2.45) is 0 Å². The molecule has 0 unspecified atom stereocenters. The molecule has 0 saturated carbocycles. The molecule has 0 N–H and O–H groups in total. The van der Waals surface area contributed by atoms with Gasteiger partial charge in [-0.1, -0.05) is 13.8 Å². The fourth-order valence-electron chi connectivity index (χ4n) is 1.52. The lowest BCUT2D eigenvalue weighted by molar-refractivity contribution is 0.0587. The maximum Gasteiger partial charge on any atom is 0.377 e. The molecule has 0 saturated heterocycles. The van der Waals surface area contributed by atoms with Crippen molar-refractivity contribution >= 4 is 5.97 Å². The van der Waals surface area contributed by atoms with Gasteiger partial charge >= 0.3 is 5.97 Å². The highest BCUT2D eigenvalue weighted by Crippen LogP contribution is 2.13. The van der Waals surface area contributed by atoms with Crippen molar-refractivity contribution < 1.29 is 9.53 Å². The molecule has 0 aliphatic carbocycles. The highest BCUT2D eigenvalue weighted by molar-refractivity contribution is 5.84. The van der Waals surface area contributed by atoms with Gasteiger partial charge in [0.05, 0.1) is 7.11 Å². The number of ether oxygens (including phenoxy) is 1. The first-order valence-corrected chi connectivity index (χ1v) is 5.87. The topological polar surface area (TPSA) is 82.8 Å². The fraction of sp³-hybridized carbons (Fsp3) is 0.417. The van der Waals surface area contributed by atoms with E-state index < -0.39 is 5.97 Å². The Labute approximate surface area is 110 Å². The van der Waals surface area contributed by atoms with Crippen LogP contribution < -0.4 is 0 Å². The smallest absolute Gasteiger partial charge is 0.377 e. The Morgan fingerprint density at radius 2 is 2.11 bits per heavy atom. The van der Waals surface area contributed by atoms with Crippen LogP contribution in [0.5, 0.6) is 0 Å². The summed E-state index contributed by atoms with van der Waals surface area (Å²) in [4.78, 5) is 23.8. The highest BCUT2D eigenvalue weighted by Gasteiger charge is 2.14. The van der Waals surface area contributed by atoms with Crippen molar-refractivity contribution in [1.29, 1.82) is 0 Å². The van der Waals surface area contributed by atoms with Crippen LogP contribution in [0.4, 0.5) is 0 Å². The SMILES string of the molecule is COC(=O)c1ncn(-c2nc(C)cc(C(C)C)n2)n1. The van der Waals surface area contributed by atoms with Gasteiger partial charge in [0.2, 0.25) is 0 Å². The van der Waals surface area contributed by atoms with E-state index in [0.29, 0.717) is 5.95 Å².